The maximum Gasteiger partial charge on any atom is 0.0375 e. The van der Waals surface area contributed by atoms with Gasteiger partial charge < -0.3 is 10.2 Å². The zero-order chi connectivity index (χ0) is 18.9. The largest absolute Gasteiger partial charge is 0.362 e. The summed E-state index contributed by atoms with van der Waals surface area (Å²) in [5.74, 6) is 0. The smallest absolute Gasteiger partial charge is 0.0375 e. The molecule has 0 amide bonds. The van der Waals surface area contributed by atoms with Crippen LogP contribution in [0, 0.1) is 0 Å². The van der Waals surface area contributed by atoms with Crippen LogP contribution in [0.1, 0.15) is 92.6 Å². The van der Waals surface area contributed by atoms with Gasteiger partial charge in [-0.05, 0) is 72.2 Å². The van der Waals surface area contributed by atoms with Crippen molar-refractivity contribution in [2.24, 2.45) is 0 Å². The van der Waals surface area contributed by atoms with E-state index >= 15 is 0 Å². The van der Waals surface area contributed by atoms with Crippen molar-refractivity contribution in [3.05, 3.63) is 29.8 Å². The van der Waals surface area contributed by atoms with Crippen LogP contribution >= 0.6 is 0 Å². The van der Waals surface area contributed by atoms with E-state index in [4.69, 9.17) is 0 Å². The van der Waals surface area contributed by atoms with Gasteiger partial charge in [0.1, 0.15) is 0 Å². The lowest BCUT2D eigenvalue weighted by atomic mass is 9.94. The quantitative estimate of drug-likeness (QED) is 0.484. The van der Waals surface area contributed by atoms with Crippen LogP contribution in [0.2, 0.25) is 0 Å². The maximum atomic E-state index is 3.59. The van der Waals surface area contributed by atoms with Gasteiger partial charge in [-0.15, -0.1) is 0 Å². The number of rotatable bonds is 10. The Balaban J connectivity index is 2.45. The SMILES string of the molecule is CCCCCCCCNCc1ccc(N(C(C)(C)C)C(C)(C)C)cc1. The van der Waals surface area contributed by atoms with Crippen molar-refractivity contribution >= 4 is 5.69 Å². The molecular weight excluding hydrogens is 304 g/mol. The molecule has 1 aromatic rings. The lowest BCUT2D eigenvalue weighted by molar-refractivity contribution is 0.381. The Morgan fingerprint density at radius 3 is 1.80 bits per heavy atom. The van der Waals surface area contributed by atoms with Crippen molar-refractivity contribution in [3.63, 3.8) is 0 Å². The van der Waals surface area contributed by atoms with Gasteiger partial charge in [-0.1, -0.05) is 51.2 Å². The summed E-state index contributed by atoms with van der Waals surface area (Å²) in [5, 5.41) is 3.59. The van der Waals surface area contributed by atoms with Gasteiger partial charge >= 0.3 is 0 Å². The number of nitrogens with one attached hydrogen (secondary N) is 1. The molecule has 2 nitrogen and oxygen atoms in total. The second-order valence-electron chi connectivity index (χ2n) is 9.29. The number of unbranched alkanes of at least 4 members (excludes halogenated alkanes) is 5. The zero-order valence-corrected chi connectivity index (χ0v) is 17.9. The van der Waals surface area contributed by atoms with Crippen molar-refractivity contribution < 1.29 is 0 Å². The third kappa shape index (κ3) is 8.27. The minimum Gasteiger partial charge on any atom is -0.362 e. The van der Waals surface area contributed by atoms with Crippen molar-refractivity contribution in [2.45, 2.75) is 105 Å². The highest BCUT2D eigenvalue weighted by Crippen LogP contribution is 2.31. The summed E-state index contributed by atoms with van der Waals surface area (Å²) in [4.78, 5) is 2.51. The van der Waals surface area contributed by atoms with Gasteiger partial charge in [0.15, 0.2) is 0 Å². The van der Waals surface area contributed by atoms with Crippen LogP contribution in [0.4, 0.5) is 5.69 Å². The van der Waals surface area contributed by atoms with E-state index in [9.17, 15) is 0 Å². The van der Waals surface area contributed by atoms with Gasteiger partial charge in [0.2, 0.25) is 0 Å². The maximum absolute atomic E-state index is 3.59. The van der Waals surface area contributed by atoms with Gasteiger partial charge in [0.25, 0.3) is 0 Å². The Morgan fingerprint density at radius 1 is 0.760 bits per heavy atom. The summed E-state index contributed by atoms with van der Waals surface area (Å²) in [6.07, 6.45) is 8.16. The first-order chi connectivity index (χ1) is 11.7. The van der Waals surface area contributed by atoms with Crippen LogP contribution in [0.25, 0.3) is 0 Å². The zero-order valence-electron chi connectivity index (χ0n) is 17.9. The first-order valence-electron chi connectivity index (χ1n) is 10.3. The van der Waals surface area contributed by atoms with Crippen LogP contribution in [-0.2, 0) is 6.54 Å². The average Bonchev–Trinajstić information content (AvgIpc) is 2.49. The summed E-state index contributed by atoms with van der Waals surface area (Å²) in [7, 11) is 0. The van der Waals surface area contributed by atoms with Crippen molar-refractivity contribution in [2.75, 3.05) is 11.4 Å². The second-order valence-corrected chi connectivity index (χ2v) is 9.29. The lowest BCUT2D eigenvalue weighted by Gasteiger charge is -2.47. The summed E-state index contributed by atoms with van der Waals surface area (Å²) in [6, 6.07) is 9.10. The normalized spacial score (nSPS) is 12.4. The van der Waals surface area contributed by atoms with E-state index < -0.39 is 0 Å². The molecule has 0 atom stereocenters. The third-order valence-electron chi connectivity index (χ3n) is 4.57. The monoisotopic (exact) mass is 346 g/mol. The minimum atomic E-state index is 0.107. The van der Waals surface area contributed by atoms with Gasteiger partial charge in [-0.2, -0.15) is 0 Å². The van der Waals surface area contributed by atoms with Crippen LogP contribution in [0.5, 0.6) is 0 Å². The highest BCUT2D eigenvalue weighted by atomic mass is 15.2. The molecule has 25 heavy (non-hydrogen) atoms. The van der Waals surface area contributed by atoms with E-state index in [0.29, 0.717) is 0 Å². The average molecular weight is 347 g/mol. The van der Waals surface area contributed by atoms with Crippen LogP contribution < -0.4 is 10.2 Å². The predicted octanol–water partition coefficient (Wildman–Crippen LogP) is 6.54. The van der Waals surface area contributed by atoms with Gasteiger partial charge in [-0.3, -0.25) is 0 Å². The Kier molecular flexibility index (Phi) is 8.99. The molecule has 2 heteroatoms. The summed E-state index contributed by atoms with van der Waals surface area (Å²) in [6.45, 7) is 18.1. The van der Waals surface area contributed by atoms with Gasteiger partial charge in [0, 0.05) is 23.3 Å². The van der Waals surface area contributed by atoms with E-state index in [2.05, 4.69) is 82.9 Å². The second kappa shape index (κ2) is 10.2. The highest BCUT2D eigenvalue weighted by molar-refractivity contribution is 5.52. The fourth-order valence-corrected chi connectivity index (χ4v) is 3.81. The standard InChI is InChI=1S/C23H42N2/c1-8-9-10-11-12-13-18-24-19-20-14-16-21(17-15-20)25(22(2,3)4)23(5,6)7/h14-17,24H,8-13,18-19H2,1-7H3. The van der Waals surface area contributed by atoms with Gasteiger partial charge in [-0.25, -0.2) is 0 Å². The Morgan fingerprint density at radius 2 is 1.28 bits per heavy atom. The highest BCUT2D eigenvalue weighted by Gasteiger charge is 2.31. The van der Waals surface area contributed by atoms with Crippen molar-refractivity contribution in [1.82, 2.24) is 5.32 Å². The molecule has 1 N–H and O–H groups in total. The Labute approximate surface area is 157 Å². The number of nitrogens with zero attached hydrogens (tertiary/aromatic N) is 1. The third-order valence-corrected chi connectivity index (χ3v) is 4.57. The molecule has 0 bridgehead atoms. The van der Waals surface area contributed by atoms with Crippen LogP contribution in [-0.4, -0.2) is 17.6 Å². The van der Waals surface area contributed by atoms with E-state index in [0.717, 1.165) is 13.1 Å². The fraction of sp³-hybridized carbons (Fsp3) is 0.739. The molecule has 0 heterocycles. The van der Waals surface area contributed by atoms with E-state index in [1.165, 1.54) is 49.8 Å². The number of anilines is 1. The molecule has 0 spiro atoms. The van der Waals surface area contributed by atoms with E-state index in [1.54, 1.807) is 0 Å². The van der Waals surface area contributed by atoms with Crippen LogP contribution in [0.3, 0.4) is 0 Å². The molecule has 0 unspecified atom stereocenters. The Bertz CT molecular complexity index is 448. The fourth-order valence-electron chi connectivity index (χ4n) is 3.81. The topological polar surface area (TPSA) is 15.3 Å². The number of hydrogen-bond acceptors (Lipinski definition) is 2. The molecule has 0 aliphatic heterocycles. The molecule has 144 valence electrons. The first kappa shape index (κ1) is 22.0. The summed E-state index contributed by atoms with van der Waals surface area (Å²) < 4.78 is 0. The molecule has 1 aromatic carbocycles. The van der Waals surface area contributed by atoms with Crippen molar-refractivity contribution in [1.29, 1.82) is 0 Å². The minimum absolute atomic E-state index is 0.107. The first-order valence-corrected chi connectivity index (χ1v) is 10.3. The van der Waals surface area contributed by atoms with E-state index in [-0.39, 0.29) is 11.1 Å². The van der Waals surface area contributed by atoms with Gasteiger partial charge in [0.05, 0.1) is 0 Å². The molecule has 0 saturated carbocycles. The summed E-state index contributed by atoms with van der Waals surface area (Å²) in [5.41, 5.74) is 2.89. The Hall–Kier alpha value is -1.02. The molecule has 1 rings (SSSR count). The molecule has 0 radical (unpaired) electrons. The predicted molar refractivity (Wildman–Crippen MR) is 114 cm³/mol. The van der Waals surface area contributed by atoms with E-state index in [1.807, 2.05) is 0 Å². The molecule has 0 fully saturated rings. The van der Waals surface area contributed by atoms with Crippen molar-refractivity contribution in [3.8, 4) is 0 Å². The summed E-state index contributed by atoms with van der Waals surface area (Å²) >= 11 is 0. The number of hydrogen-bond donors (Lipinski definition) is 1. The molecular formula is C23H42N2. The molecule has 0 saturated heterocycles. The molecule has 0 aliphatic rings. The molecule has 0 aromatic heterocycles. The van der Waals surface area contributed by atoms with Crippen LogP contribution in [0.15, 0.2) is 24.3 Å². The molecule has 0 aliphatic carbocycles. The number of benzene rings is 1. The lowest BCUT2D eigenvalue weighted by Crippen LogP contribution is -2.53.